The van der Waals surface area contributed by atoms with Gasteiger partial charge in [-0.3, -0.25) is 9.59 Å². The predicted molar refractivity (Wildman–Crippen MR) is 101 cm³/mol. The molecule has 0 aliphatic carbocycles. The molecule has 2 amide bonds. The molecule has 0 radical (unpaired) electrons. The number of hydrogen-bond acceptors (Lipinski definition) is 4. The van der Waals surface area contributed by atoms with Crippen molar-refractivity contribution < 1.29 is 32.2 Å². The fourth-order valence-corrected chi connectivity index (χ4v) is 2.55. The second-order valence-electron chi connectivity index (χ2n) is 6.46. The third-order valence-electron chi connectivity index (χ3n) is 3.94. The Balaban J connectivity index is 2.08. The van der Waals surface area contributed by atoms with Crippen LogP contribution in [0.25, 0.3) is 0 Å². The Labute approximate surface area is 166 Å². The fourth-order valence-electron chi connectivity index (χ4n) is 2.55. The Morgan fingerprint density at radius 2 is 1.62 bits per heavy atom. The van der Waals surface area contributed by atoms with E-state index in [9.17, 15) is 22.8 Å². The summed E-state index contributed by atoms with van der Waals surface area (Å²) >= 11 is 0. The standard InChI is InChI=1S/C20H21F3N2O4/c1-12(2)17(25-18(26)15-6-4-5-7-16(15)28-3)19(27)24-13-8-10-14(11-9-13)29-20(21,22)23/h4-12,17H,1-3H3,(H,24,27)(H,25,26)/t17-/m0/s1. The van der Waals surface area contributed by atoms with E-state index in [-0.39, 0.29) is 17.2 Å². The van der Waals surface area contributed by atoms with Gasteiger partial charge < -0.3 is 20.1 Å². The minimum atomic E-state index is -4.80. The third-order valence-corrected chi connectivity index (χ3v) is 3.94. The van der Waals surface area contributed by atoms with E-state index in [1.807, 2.05) is 0 Å². The molecule has 2 rings (SSSR count). The molecular formula is C20H21F3N2O4. The van der Waals surface area contributed by atoms with E-state index in [1.165, 1.54) is 19.2 Å². The molecule has 2 aromatic rings. The van der Waals surface area contributed by atoms with Crippen molar-refractivity contribution in [2.75, 3.05) is 12.4 Å². The molecule has 2 aromatic carbocycles. The minimum Gasteiger partial charge on any atom is -0.496 e. The zero-order valence-corrected chi connectivity index (χ0v) is 16.0. The van der Waals surface area contributed by atoms with Crippen molar-refractivity contribution in [1.29, 1.82) is 0 Å². The van der Waals surface area contributed by atoms with Crippen LogP contribution >= 0.6 is 0 Å². The van der Waals surface area contributed by atoms with Gasteiger partial charge in [0.2, 0.25) is 5.91 Å². The Hall–Kier alpha value is -3.23. The summed E-state index contributed by atoms with van der Waals surface area (Å²) in [6.07, 6.45) is -4.80. The summed E-state index contributed by atoms with van der Waals surface area (Å²) in [5.74, 6) is -1.27. The van der Waals surface area contributed by atoms with Gasteiger partial charge in [0, 0.05) is 5.69 Å². The first-order valence-electron chi connectivity index (χ1n) is 8.71. The highest BCUT2D eigenvalue weighted by Gasteiger charge is 2.31. The minimum absolute atomic E-state index is 0.249. The summed E-state index contributed by atoms with van der Waals surface area (Å²) in [6, 6.07) is 10.4. The zero-order valence-electron chi connectivity index (χ0n) is 16.0. The summed E-state index contributed by atoms with van der Waals surface area (Å²) in [4.78, 5) is 25.2. The molecule has 0 saturated carbocycles. The molecule has 0 aliphatic heterocycles. The summed E-state index contributed by atoms with van der Waals surface area (Å²) in [6.45, 7) is 3.51. The van der Waals surface area contributed by atoms with Crippen LogP contribution in [0, 0.1) is 5.92 Å². The molecule has 0 bridgehead atoms. The smallest absolute Gasteiger partial charge is 0.496 e. The van der Waals surface area contributed by atoms with Crippen LogP contribution in [-0.4, -0.2) is 31.3 Å². The molecule has 0 unspecified atom stereocenters. The van der Waals surface area contributed by atoms with Crippen molar-refractivity contribution in [3.63, 3.8) is 0 Å². The molecule has 0 aliphatic rings. The first kappa shape index (κ1) is 22.1. The first-order chi connectivity index (χ1) is 13.6. The molecule has 6 nitrogen and oxygen atoms in total. The number of rotatable bonds is 7. The Kier molecular flexibility index (Phi) is 7.08. The van der Waals surface area contributed by atoms with E-state index in [2.05, 4.69) is 15.4 Å². The summed E-state index contributed by atoms with van der Waals surface area (Å²) in [5, 5.41) is 5.24. The normalized spacial score (nSPS) is 12.2. The maximum atomic E-state index is 12.6. The average molecular weight is 410 g/mol. The Morgan fingerprint density at radius 3 is 2.17 bits per heavy atom. The van der Waals surface area contributed by atoms with Crippen molar-refractivity contribution in [1.82, 2.24) is 5.32 Å². The molecular weight excluding hydrogens is 389 g/mol. The number of carbonyl (C=O) groups excluding carboxylic acids is 2. The maximum absolute atomic E-state index is 12.6. The van der Waals surface area contributed by atoms with Gasteiger partial charge in [0.1, 0.15) is 17.5 Å². The van der Waals surface area contributed by atoms with Crippen molar-refractivity contribution in [2.45, 2.75) is 26.3 Å². The van der Waals surface area contributed by atoms with Gasteiger partial charge in [0.15, 0.2) is 0 Å². The van der Waals surface area contributed by atoms with Gasteiger partial charge in [0.25, 0.3) is 5.91 Å². The van der Waals surface area contributed by atoms with Gasteiger partial charge >= 0.3 is 6.36 Å². The highest BCUT2D eigenvalue weighted by Crippen LogP contribution is 2.24. The summed E-state index contributed by atoms with van der Waals surface area (Å²) in [5.41, 5.74) is 0.545. The number of para-hydroxylation sites is 1. The molecule has 9 heteroatoms. The number of nitrogens with one attached hydrogen (secondary N) is 2. The number of amides is 2. The van der Waals surface area contributed by atoms with Crippen LogP contribution in [0.4, 0.5) is 18.9 Å². The van der Waals surface area contributed by atoms with Crippen LogP contribution in [0.2, 0.25) is 0 Å². The topological polar surface area (TPSA) is 76.7 Å². The van der Waals surface area contributed by atoms with E-state index < -0.39 is 30.0 Å². The number of hydrogen-bond donors (Lipinski definition) is 2. The first-order valence-corrected chi connectivity index (χ1v) is 8.71. The molecule has 0 saturated heterocycles. The van der Waals surface area contributed by atoms with Gasteiger partial charge in [-0.05, 0) is 42.3 Å². The average Bonchev–Trinajstić information content (AvgIpc) is 2.65. The Bertz CT molecular complexity index is 852. The van der Waals surface area contributed by atoms with Crippen LogP contribution in [0.3, 0.4) is 0 Å². The monoisotopic (exact) mass is 410 g/mol. The predicted octanol–water partition coefficient (Wildman–Crippen LogP) is 3.99. The van der Waals surface area contributed by atoms with Gasteiger partial charge in [-0.2, -0.15) is 0 Å². The number of benzene rings is 2. The lowest BCUT2D eigenvalue weighted by molar-refractivity contribution is -0.274. The van der Waals surface area contributed by atoms with Crippen LogP contribution in [0.1, 0.15) is 24.2 Å². The highest BCUT2D eigenvalue weighted by molar-refractivity contribution is 6.02. The van der Waals surface area contributed by atoms with Crippen molar-refractivity contribution in [3.8, 4) is 11.5 Å². The third kappa shape index (κ3) is 6.41. The second kappa shape index (κ2) is 9.31. The lowest BCUT2D eigenvalue weighted by Gasteiger charge is -2.22. The molecule has 0 heterocycles. The second-order valence-corrected chi connectivity index (χ2v) is 6.46. The summed E-state index contributed by atoms with van der Waals surface area (Å²) < 4.78 is 45.6. The number of carbonyl (C=O) groups is 2. The van der Waals surface area contributed by atoms with E-state index in [4.69, 9.17) is 4.74 Å². The molecule has 2 N–H and O–H groups in total. The number of ether oxygens (including phenoxy) is 2. The van der Waals surface area contributed by atoms with Gasteiger partial charge in [0.05, 0.1) is 12.7 Å². The SMILES string of the molecule is COc1ccccc1C(=O)N[C@H](C(=O)Nc1ccc(OC(F)(F)F)cc1)C(C)C. The van der Waals surface area contributed by atoms with E-state index in [1.54, 1.807) is 38.1 Å². The van der Waals surface area contributed by atoms with E-state index in [0.717, 1.165) is 12.1 Å². The quantitative estimate of drug-likeness (QED) is 0.724. The van der Waals surface area contributed by atoms with Gasteiger partial charge in [-0.1, -0.05) is 26.0 Å². The fraction of sp³-hybridized carbons (Fsp3) is 0.300. The number of anilines is 1. The van der Waals surface area contributed by atoms with Crippen molar-refractivity contribution in [3.05, 3.63) is 54.1 Å². The lowest BCUT2D eigenvalue weighted by atomic mass is 10.0. The van der Waals surface area contributed by atoms with E-state index in [0.29, 0.717) is 5.75 Å². The Morgan fingerprint density at radius 1 is 1.00 bits per heavy atom. The molecule has 29 heavy (non-hydrogen) atoms. The molecule has 0 aromatic heterocycles. The molecule has 156 valence electrons. The number of halogens is 3. The van der Waals surface area contributed by atoms with Crippen molar-refractivity contribution in [2.24, 2.45) is 5.92 Å². The van der Waals surface area contributed by atoms with Crippen molar-refractivity contribution >= 4 is 17.5 Å². The largest absolute Gasteiger partial charge is 0.573 e. The van der Waals surface area contributed by atoms with Crippen LogP contribution in [-0.2, 0) is 4.79 Å². The molecule has 1 atom stereocenters. The van der Waals surface area contributed by atoms with Crippen LogP contribution in [0.15, 0.2) is 48.5 Å². The molecule has 0 spiro atoms. The van der Waals surface area contributed by atoms with Crippen LogP contribution < -0.4 is 20.1 Å². The molecule has 0 fully saturated rings. The highest BCUT2D eigenvalue weighted by atomic mass is 19.4. The van der Waals surface area contributed by atoms with Crippen LogP contribution in [0.5, 0.6) is 11.5 Å². The number of alkyl halides is 3. The lowest BCUT2D eigenvalue weighted by Crippen LogP contribution is -2.47. The summed E-state index contributed by atoms with van der Waals surface area (Å²) in [7, 11) is 1.44. The zero-order chi connectivity index (χ0) is 21.6. The van der Waals surface area contributed by atoms with Gasteiger partial charge in [-0.15, -0.1) is 13.2 Å². The number of methoxy groups -OCH3 is 1. The van der Waals surface area contributed by atoms with Gasteiger partial charge in [-0.25, -0.2) is 0 Å². The van der Waals surface area contributed by atoms with E-state index >= 15 is 0 Å². The maximum Gasteiger partial charge on any atom is 0.573 e.